The van der Waals surface area contributed by atoms with Gasteiger partial charge < -0.3 is 24.2 Å². The molecule has 0 unspecified atom stereocenters. The molecule has 20 aromatic rings. The second-order valence-electron chi connectivity index (χ2n) is 31.4. The zero-order chi connectivity index (χ0) is 75.1. The number of para-hydroxylation sites is 5. The highest BCUT2D eigenvalue weighted by molar-refractivity contribution is 7.25. The van der Waals surface area contributed by atoms with Crippen LogP contribution in [0, 0.1) is 13.8 Å². The maximum atomic E-state index is 2.58. The van der Waals surface area contributed by atoms with Crippen LogP contribution in [0.3, 0.4) is 0 Å². The van der Waals surface area contributed by atoms with Gasteiger partial charge in [-0.15, -0.1) is 11.3 Å². The Morgan fingerprint density at radius 2 is 0.750 bits per heavy atom. The molecule has 534 valence electrons. The molecule has 0 saturated carbocycles. The monoisotopic (exact) mass is 1450 g/mol. The maximum Gasteiger partial charge on any atom is 0.0620 e. The van der Waals surface area contributed by atoms with E-state index < -0.39 is 0 Å². The molecule has 2 aromatic heterocycles. The Bertz CT molecular complexity index is 7060. The van der Waals surface area contributed by atoms with Crippen LogP contribution in [0.2, 0.25) is 0 Å². The van der Waals surface area contributed by atoms with Gasteiger partial charge in [-0.2, -0.15) is 0 Å². The average molecular weight is 1450 g/mol. The molecule has 0 spiro atoms. The van der Waals surface area contributed by atoms with Gasteiger partial charge in [0.2, 0.25) is 0 Å². The number of aryl methyl sites for hydroxylation is 2. The summed E-state index contributed by atoms with van der Waals surface area (Å²) in [6.07, 6.45) is 0. The SMILES string of the molecule is CC1(C)c2ccccc2N(c2ccc3cc4cc(N(c5ccccc5)c5cccc6ccccc56)ccc4cc3c2)c2cc3sc4ccccc4c3cc21.Cc1ccc(N(c2ccc(C)cc2)c2c3ccccc3c(N3c4ccccc4C(C)(C)c4cc5c6ccccc6n(-c6ccccc6)c5cc43)c3ccccc23)cc1. The third kappa shape index (κ3) is 10.6. The first-order valence-electron chi connectivity index (χ1n) is 39.0. The lowest BCUT2D eigenvalue weighted by atomic mass is 9.73. The van der Waals surface area contributed by atoms with Crippen LogP contribution in [0.25, 0.3) is 102 Å². The van der Waals surface area contributed by atoms with E-state index in [9.17, 15) is 0 Å². The fourth-order valence-electron chi connectivity index (χ4n) is 18.5. The van der Waals surface area contributed by atoms with E-state index in [1.807, 2.05) is 11.3 Å². The third-order valence-electron chi connectivity index (χ3n) is 24.0. The van der Waals surface area contributed by atoms with Crippen molar-refractivity contribution in [2.24, 2.45) is 0 Å². The highest BCUT2D eigenvalue weighted by Crippen LogP contribution is 2.59. The zero-order valence-corrected chi connectivity index (χ0v) is 64.2. The van der Waals surface area contributed by atoms with Crippen LogP contribution in [0.5, 0.6) is 0 Å². The first kappa shape index (κ1) is 66.7. The van der Waals surface area contributed by atoms with Crippen LogP contribution < -0.4 is 19.6 Å². The van der Waals surface area contributed by atoms with Gasteiger partial charge in [-0.05, 0) is 203 Å². The Balaban J connectivity index is 0.000000142. The quantitative estimate of drug-likeness (QED) is 0.134. The minimum atomic E-state index is -0.258. The van der Waals surface area contributed by atoms with Crippen molar-refractivity contribution in [1.29, 1.82) is 0 Å². The summed E-state index contributed by atoms with van der Waals surface area (Å²) in [5, 5.41) is 17.4. The zero-order valence-electron chi connectivity index (χ0n) is 63.4. The molecule has 4 heterocycles. The Kier molecular flexibility index (Phi) is 15.5. The van der Waals surface area contributed by atoms with Crippen molar-refractivity contribution in [2.75, 3.05) is 19.6 Å². The van der Waals surface area contributed by atoms with Gasteiger partial charge in [-0.3, -0.25) is 0 Å². The highest BCUT2D eigenvalue weighted by Gasteiger charge is 2.41. The molecule has 112 heavy (non-hydrogen) atoms. The van der Waals surface area contributed by atoms with Crippen molar-refractivity contribution >= 4 is 175 Å². The molecule has 5 nitrogen and oxygen atoms in total. The number of thiophene rings is 1. The number of benzene rings is 18. The fraction of sp³-hybridized carbons (Fsp3) is 0.0755. The third-order valence-corrected chi connectivity index (χ3v) is 25.1. The largest absolute Gasteiger partial charge is 0.310 e. The number of nitrogens with zero attached hydrogens (tertiary/aromatic N) is 5. The molecule has 0 bridgehead atoms. The van der Waals surface area contributed by atoms with Gasteiger partial charge in [-0.25, -0.2) is 0 Å². The predicted molar refractivity (Wildman–Crippen MR) is 480 cm³/mol. The van der Waals surface area contributed by atoms with Gasteiger partial charge in [-0.1, -0.05) is 269 Å². The lowest BCUT2D eigenvalue weighted by molar-refractivity contribution is 0.633. The average Bonchev–Trinajstić information content (AvgIpc) is 1.20. The summed E-state index contributed by atoms with van der Waals surface area (Å²) in [6, 6.07) is 137. The van der Waals surface area contributed by atoms with Gasteiger partial charge in [0, 0.05) is 103 Å². The summed E-state index contributed by atoms with van der Waals surface area (Å²) >= 11 is 1.89. The van der Waals surface area contributed by atoms with Gasteiger partial charge >= 0.3 is 0 Å². The number of aromatic nitrogens is 1. The lowest BCUT2D eigenvalue weighted by Crippen LogP contribution is -2.31. The number of rotatable bonds is 9. The van der Waals surface area contributed by atoms with Crippen molar-refractivity contribution in [1.82, 2.24) is 4.57 Å². The van der Waals surface area contributed by atoms with Gasteiger partial charge in [0.05, 0.1) is 50.8 Å². The van der Waals surface area contributed by atoms with Crippen LogP contribution in [0.4, 0.5) is 68.2 Å². The molecular formula is C106H79N5S. The number of hydrogen-bond acceptors (Lipinski definition) is 5. The van der Waals surface area contributed by atoms with E-state index in [2.05, 4.69) is 436 Å². The molecule has 2 aliphatic heterocycles. The number of hydrogen-bond donors (Lipinski definition) is 0. The highest BCUT2D eigenvalue weighted by atomic mass is 32.1. The summed E-state index contributed by atoms with van der Waals surface area (Å²) in [5.41, 5.74) is 25.1. The summed E-state index contributed by atoms with van der Waals surface area (Å²) in [7, 11) is 0. The first-order chi connectivity index (χ1) is 54.9. The molecule has 2 aliphatic rings. The van der Waals surface area contributed by atoms with Gasteiger partial charge in [0.15, 0.2) is 0 Å². The topological polar surface area (TPSA) is 17.9 Å². The lowest BCUT2D eigenvalue weighted by Gasteiger charge is -2.43. The molecule has 22 rings (SSSR count). The standard InChI is InChI=1S/C55H43N3.C51H36N2S/c1-36-26-30-39(31-27-36)56(40-32-28-37(2)29-33-40)53-42-19-8-10-21-44(42)54(45-22-11-9-20-43(45)53)58-50-25-15-13-23-47(50)55(3,4)48-34-46-41-18-12-14-24-49(41)57(51(46)35-52(48)58)38-16-6-5-7-17-38;1-51(2)44-19-9-10-20-47(44)53(48-32-50-43(31-45(48)51)42-18-8-11-22-49(42)54-50)40-26-24-35-27-36-29-39(25-23-34(36)28-37(35)30-40)52(38-15-4-3-5-16-38)46-21-12-14-33-13-6-7-17-41(33)46/h5-35H,1-4H3;3-32H,1-2H3. The Labute approximate surface area is 656 Å². The van der Waals surface area contributed by atoms with Crippen LogP contribution in [-0.2, 0) is 10.8 Å². The minimum Gasteiger partial charge on any atom is -0.310 e. The molecule has 18 aromatic carbocycles. The molecule has 0 fully saturated rings. The molecule has 0 atom stereocenters. The normalized spacial score (nSPS) is 13.4. The maximum absolute atomic E-state index is 2.58. The molecule has 0 radical (unpaired) electrons. The number of anilines is 12. The van der Waals surface area contributed by atoms with Crippen molar-refractivity contribution in [2.45, 2.75) is 52.4 Å². The molecule has 0 N–H and O–H groups in total. The fourth-order valence-corrected chi connectivity index (χ4v) is 19.6. The Morgan fingerprint density at radius 3 is 1.41 bits per heavy atom. The van der Waals surface area contributed by atoms with Crippen molar-refractivity contribution in [3.8, 4) is 5.69 Å². The van der Waals surface area contributed by atoms with Gasteiger partial charge in [0.1, 0.15) is 0 Å². The Morgan fingerprint density at radius 1 is 0.259 bits per heavy atom. The molecule has 0 amide bonds. The van der Waals surface area contributed by atoms with E-state index in [0.717, 1.165) is 28.4 Å². The summed E-state index contributed by atoms with van der Waals surface area (Å²) < 4.78 is 5.10. The van der Waals surface area contributed by atoms with E-state index in [-0.39, 0.29) is 10.8 Å². The molecular weight excluding hydrogens is 1380 g/mol. The van der Waals surface area contributed by atoms with Crippen molar-refractivity contribution in [3.63, 3.8) is 0 Å². The number of fused-ring (bicyclic) bond motifs is 15. The molecule has 0 saturated heterocycles. The van der Waals surface area contributed by atoms with E-state index in [1.165, 1.54) is 175 Å². The minimum absolute atomic E-state index is 0.149. The summed E-state index contributed by atoms with van der Waals surface area (Å²) in [5.74, 6) is 0. The van der Waals surface area contributed by atoms with Crippen molar-refractivity contribution in [3.05, 3.63) is 403 Å². The summed E-state index contributed by atoms with van der Waals surface area (Å²) in [6.45, 7) is 13.9. The van der Waals surface area contributed by atoms with Crippen molar-refractivity contribution < 1.29 is 0 Å². The first-order valence-corrected chi connectivity index (χ1v) is 39.8. The van der Waals surface area contributed by atoms with Crippen LogP contribution in [-0.4, -0.2) is 4.57 Å². The molecule has 6 heteroatoms. The van der Waals surface area contributed by atoms with E-state index in [4.69, 9.17) is 0 Å². The predicted octanol–water partition coefficient (Wildman–Crippen LogP) is 30.4. The Hall–Kier alpha value is -13.5. The van der Waals surface area contributed by atoms with Crippen LogP contribution in [0.15, 0.2) is 370 Å². The second kappa shape index (κ2) is 26.1. The van der Waals surface area contributed by atoms with Gasteiger partial charge in [0.25, 0.3) is 0 Å². The smallest absolute Gasteiger partial charge is 0.0620 e. The van der Waals surface area contributed by atoms with E-state index in [0.29, 0.717) is 0 Å². The van der Waals surface area contributed by atoms with E-state index >= 15 is 0 Å². The van der Waals surface area contributed by atoms with E-state index in [1.54, 1.807) is 0 Å². The second-order valence-corrected chi connectivity index (χ2v) is 32.5. The van der Waals surface area contributed by atoms with Crippen LogP contribution >= 0.6 is 11.3 Å². The molecule has 0 aliphatic carbocycles. The summed E-state index contributed by atoms with van der Waals surface area (Å²) in [4.78, 5) is 9.92. The van der Waals surface area contributed by atoms with Crippen LogP contribution in [0.1, 0.15) is 61.1 Å².